The number of aromatic hydroxyl groups is 2. The van der Waals surface area contributed by atoms with Crippen LogP contribution in [-0.4, -0.2) is 133 Å². The van der Waals surface area contributed by atoms with Crippen molar-refractivity contribution in [2.45, 2.75) is 87.4 Å². The number of amides is 2. The minimum Gasteiger partial charge on any atom is -0.508 e. The molecule has 7 N–H and O–H groups in total. The molecule has 2 amide bonds. The van der Waals surface area contributed by atoms with Crippen molar-refractivity contribution in [3.05, 3.63) is 47.6 Å². The number of piperidine rings is 1. The number of cyclic esters (lactones) is 1. The van der Waals surface area contributed by atoms with Crippen LogP contribution in [0.5, 0.6) is 11.5 Å². The summed E-state index contributed by atoms with van der Waals surface area (Å²) in [5.41, 5.74) is -0.744. The average Bonchev–Trinajstić information content (AvgIpc) is 3.06. The highest BCUT2D eigenvalue weighted by Gasteiger charge is 2.43. The first kappa shape index (κ1) is 38.1. The number of nitrogens with one attached hydrogen (secondary N) is 1. The van der Waals surface area contributed by atoms with Crippen molar-refractivity contribution in [2.75, 3.05) is 32.1 Å². The Bertz CT molecular complexity index is 1400. The second-order valence-corrected chi connectivity index (χ2v) is 13.3. The van der Waals surface area contributed by atoms with Crippen LogP contribution in [0.1, 0.15) is 54.9 Å². The SMILES string of the molecule is C[C@@H]1C/C=C/[C@@H](NC(=O)CS[C@@H]2OC(CO)[C@@H](O)C(O)C2O)C/C=C/C(=N\OCC(=O)N2CCCCC2)Cc2cc(O)cc(O)c2C(=O)O1. The van der Waals surface area contributed by atoms with Gasteiger partial charge in [0.15, 0.2) is 6.61 Å². The van der Waals surface area contributed by atoms with Crippen LogP contribution in [0.2, 0.25) is 0 Å². The highest BCUT2D eigenvalue weighted by atomic mass is 32.2. The standard InChI is InChI=1S/C33H45N3O12S/c1-19-7-5-8-21(34-26(40)18-49-33-31(44)30(43)29(42)25(16-37)48-33)9-6-10-22(35-46-17-27(41)36-11-3-2-4-12-36)13-20-14-23(38)15-24(39)28(20)32(45)47-19/h5-6,8,10,14-15,19,21,25,29-31,33,37-39,42-44H,2-4,7,9,11-13,16-18H2,1H3,(H,34,40)/b8-5+,10-6+,35-22+/t19-,21-,25?,29-,30?,31?,33+/m1/s1. The van der Waals surface area contributed by atoms with Gasteiger partial charge in [-0.25, -0.2) is 4.79 Å². The quantitative estimate of drug-likeness (QED) is 0.111. The Hall–Kier alpha value is -3.67. The number of carbonyl (C=O) groups is 3. The predicted octanol–water partition coefficient (Wildman–Crippen LogP) is 0.495. The summed E-state index contributed by atoms with van der Waals surface area (Å²) in [6.07, 6.45) is 3.85. The summed E-state index contributed by atoms with van der Waals surface area (Å²) in [4.78, 5) is 45.9. The van der Waals surface area contributed by atoms with Crippen LogP contribution >= 0.6 is 11.8 Å². The fourth-order valence-corrected chi connectivity index (χ4v) is 6.62. The summed E-state index contributed by atoms with van der Waals surface area (Å²) in [6.45, 7) is 2.07. The largest absolute Gasteiger partial charge is 0.508 e. The maximum absolute atomic E-state index is 13.2. The number of likely N-dealkylation sites (tertiary alicyclic amines) is 1. The molecular formula is C33H45N3O12S. The van der Waals surface area contributed by atoms with Gasteiger partial charge in [0, 0.05) is 32.0 Å². The van der Waals surface area contributed by atoms with Crippen molar-refractivity contribution < 1.29 is 59.3 Å². The molecule has 16 heteroatoms. The number of nitrogens with zero attached hydrogens (tertiary/aromatic N) is 2. The van der Waals surface area contributed by atoms with E-state index in [-0.39, 0.29) is 60.1 Å². The number of aliphatic hydroxyl groups is 4. The van der Waals surface area contributed by atoms with E-state index in [1.165, 1.54) is 6.07 Å². The number of ether oxygens (including phenoxy) is 2. The lowest BCUT2D eigenvalue weighted by molar-refractivity contribution is -0.205. The van der Waals surface area contributed by atoms with Crippen molar-refractivity contribution in [3.8, 4) is 11.5 Å². The molecule has 7 atom stereocenters. The van der Waals surface area contributed by atoms with Gasteiger partial charge in [-0.15, -0.1) is 11.8 Å². The molecule has 0 spiro atoms. The molecule has 1 aromatic rings. The minimum atomic E-state index is -1.56. The van der Waals surface area contributed by atoms with Crippen LogP contribution in [0, 0.1) is 0 Å². The summed E-state index contributed by atoms with van der Waals surface area (Å²) in [5, 5.41) is 67.6. The van der Waals surface area contributed by atoms with E-state index in [1.54, 1.807) is 36.1 Å². The predicted molar refractivity (Wildman–Crippen MR) is 178 cm³/mol. The van der Waals surface area contributed by atoms with E-state index in [0.29, 0.717) is 13.1 Å². The Labute approximate surface area is 288 Å². The number of fused-ring (bicyclic) bond motifs is 1. The van der Waals surface area contributed by atoms with Gasteiger partial charge in [0.25, 0.3) is 5.91 Å². The Morgan fingerprint density at radius 2 is 1.82 bits per heavy atom. The molecule has 1 aromatic carbocycles. The molecule has 270 valence electrons. The molecule has 3 aliphatic heterocycles. The molecule has 0 saturated carbocycles. The van der Waals surface area contributed by atoms with Crippen molar-refractivity contribution in [2.24, 2.45) is 5.16 Å². The Balaban J connectivity index is 1.50. The van der Waals surface area contributed by atoms with Gasteiger partial charge in [0.2, 0.25) is 5.91 Å². The summed E-state index contributed by atoms with van der Waals surface area (Å²) in [7, 11) is 0. The number of esters is 1. The zero-order valence-corrected chi connectivity index (χ0v) is 28.0. The highest BCUT2D eigenvalue weighted by molar-refractivity contribution is 8.00. The van der Waals surface area contributed by atoms with Crippen LogP contribution in [-0.2, 0) is 30.3 Å². The molecule has 2 fully saturated rings. The first-order chi connectivity index (χ1) is 23.5. The monoisotopic (exact) mass is 707 g/mol. The number of allylic oxidation sites excluding steroid dienone is 1. The summed E-state index contributed by atoms with van der Waals surface area (Å²) in [6, 6.07) is 1.80. The van der Waals surface area contributed by atoms with E-state index in [0.717, 1.165) is 37.1 Å². The molecule has 0 bridgehead atoms. The minimum absolute atomic E-state index is 0.0855. The molecule has 3 aliphatic rings. The first-order valence-corrected chi connectivity index (χ1v) is 17.3. The molecule has 15 nitrogen and oxygen atoms in total. The first-order valence-electron chi connectivity index (χ1n) is 16.2. The normalized spacial score (nSPS) is 30.4. The number of carbonyl (C=O) groups excluding carboxylic acids is 3. The number of rotatable bonds is 8. The Kier molecular flexibility index (Phi) is 14.3. The van der Waals surface area contributed by atoms with E-state index in [4.69, 9.17) is 14.3 Å². The molecule has 2 saturated heterocycles. The number of aliphatic hydroxyl groups excluding tert-OH is 4. The van der Waals surface area contributed by atoms with Gasteiger partial charge in [0.05, 0.1) is 24.1 Å². The van der Waals surface area contributed by atoms with E-state index in [1.807, 2.05) is 0 Å². The Morgan fingerprint density at radius 1 is 1.06 bits per heavy atom. The molecule has 49 heavy (non-hydrogen) atoms. The highest BCUT2D eigenvalue weighted by Crippen LogP contribution is 2.30. The molecular weight excluding hydrogens is 662 g/mol. The lowest BCUT2D eigenvalue weighted by Crippen LogP contribution is -2.57. The van der Waals surface area contributed by atoms with E-state index in [2.05, 4.69) is 10.5 Å². The molecule has 3 unspecified atom stereocenters. The number of hydrogen-bond acceptors (Lipinski definition) is 14. The van der Waals surface area contributed by atoms with Gasteiger partial charge in [0.1, 0.15) is 53.0 Å². The van der Waals surface area contributed by atoms with Crippen LogP contribution < -0.4 is 5.32 Å². The zero-order valence-electron chi connectivity index (χ0n) is 27.2. The molecule has 0 radical (unpaired) electrons. The van der Waals surface area contributed by atoms with E-state index in [9.17, 15) is 45.0 Å². The Morgan fingerprint density at radius 3 is 2.55 bits per heavy atom. The van der Waals surface area contributed by atoms with Gasteiger partial charge in [-0.3, -0.25) is 9.59 Å². The van der Waals surface area contributed by atoms with Gasteiger partial charge in [-0.1, -0.05) is 23.4 Å². The number of oxime groups is 1. The number of benzene rings is 1. The van der Waals surface area contributed by atoms with Crippen LogP contribution in [0.15, 0.2) is 41.6 Å². The van der Waals surface area contributed by atoms with Gasteiger partial charge in [-0.05, 0) is 50.3 Å². The second-order valence-electron chi connectivity index (χ2n) is 12.2. The van der Waals surface area contributed by atoms with Gasteiger partial charge in [-0.2, -0.15) is 0 Å². The third kappa shape index (κ3) is 10.9. The van der Waals surface area contributed by atoms with Crippen molar-refractivity contribution in [1.82, 2.24) is 10.2 Å². The van der Waals surface area contributed by atoms with Crippen LogP contribution in [0.25, 0.3) is 0 Å². The van der Waals surface area contributed by atoms with Crippen molar-refractivity contribution in [3.63, 3.8) is 0 Å². The number of thioether (sulfide) groups is 1. The average molecular weight is 708 g/mol. The number of hydrogen-bond donors (Lipinski definition) is 7. The summed E-state index contributed by atoms with van der Waals surface area (Å²) < 4.78 is 11.0. The topological polar surface area (TPSA) is 228 Å². The van der Waals surface area contributed by atoms with Crippen molar-refractivity contribution in [1.29, 1.82) is 0 Å². The third-order valence-corrected chi connectivity index (χ3v) is 9.40. The summed E-state index contributed by atoms with van der Waals surface area (Å²) >= 11 is 0.900. The van der Waals surface area contributed by atoms with E-state index >= 15 is 0 Å². The maximum Gasteiger partial charge on any atom is 0.342 e. The van der Waals surface area contributed by atoms with Crippen LogP contribution in [0.4, 0.5) is 0 Å². The van der Waals surface area contributed by atoms with Crippen LogP contribution in [0.3, 0.4) is 0 Å². The third-order valence-electron chi connectivity index (χ3n) is 8.26. The molecule has 0 aromatic heterocycles. The maximum atomic E-state index is 13.2. The molecule has 4 rings (SSSR count). The lowest BCUT2D eigenvalue weighted by Gasteiger charge is -2.39. The molecule has 0 aliphatic carbocycles. The fourth-order valence-electron chi connectivity index (χ4n) is 5.64. The molecule has 3 heterocycles. The smallest absolute Gasteiger partial charge is 0.342 e. The van der Waals surface area contributed by atoms with Gasteiger partial charge < -0.3 is 55.2 Å². The second kappa shape index (κ2) is 18.4. The fraction of sp³-hybridized carbons (Fsp3) is 0.576. The lowest BCUT2D eigenvalue weighted by atomic mass is 9.99. The summed E-state index contributed by atoms with van der Waals surface area (Å²) in [5.74, 6) is -2.39. The zero-order chi connectivity index (χ0) is 35.5. The number of phenolic OH excluding ortho intramolecular Hbond substituents is 2. The van der Waals surface area contributed by atoms with Gasteiger partial charge >= 0.3 is 5.97 Å². The number of phenols is 2. The van der Waals surface area contributed by atoms with E-state index < -0.39 is 66.2 Å². The van der Waals surface area contributed by atoms with Crippen molar-refractivity contribution >= 4 is 35.3 Å².